The van der Waals surface area contributed by atoms with E-state index in [0.717, 1.165) is 5.56 Å². The summed E-state index contributed by atoms with van der Waals surface area (Å²) in [6.07, 6.45) is 0.329. The molecule has 0 spiro atoms. The van der Waals surface area contributed by atoms with Crippen molar-refractivity contribution >= 4 is 17.3 Å². The van der Waals surface area contributed by atoms with Crippen LogP contribution in [0.2, 0.25) is 0 Å². The minimum atomic E-state index is -0.316. The lowest BCUT2D eigenvalue weighted by Crippen LogP contribution is -2.03. The molecular formula is C15H13FN2O2. The Hall–Kier alpha value is -2.56. The third-order valence-corrected chi connectivity index (χ3v) is 3.22. The number of nitrogen functional groups attached to an aromatic ring is 1. The average Bonchev–Trinajstić information content (AvgIpc) is 2.72. The predicted molar refractivity (Wildman–Crippen MR) is 74.4 cm³/mol. The van der Waals surface area contributed by atoms with Crippen LogP contribution in [-0.2, 0) is 11.2 Å². The smallest absolute Gasteiger partial charge is 0.228 e. The molecule has 0 aromatic heterocycles. The van der Waals surface area contributed by atoms with Gasteiger partial charge in [0.2, 0.25) is 5.91 Å². The molecule has 0 bridgehead atoms. The van der Waals surface area contributed by atoms with Gasteiger partial charge in [-0.3, -0.25) is 4.79 Å². The molecule has 2 aromatic rings. The van der Waals surface area contributed by atoms with Crippen molar-refractivity contribution in [3.63, 3.8) is 0 Å². The van der Waals surface area contributed by atoms with E-state index in [-0.39, 0.29) is 11.7 Å². The van der Waals surface area contributed by atoms with E-state index in [2.05, 4.69) is 5.32 Å². The van der Waals surface area contributed by atoms with Gasteiger partial charge in [0.05, 0.1) is 12.1 Å². The molecule has 1 aliphatic rings. The standard InChI is InChI=1S/C15H13FN2O2/c1-8-4-10(16)2-3-13(8)20-14-7-12-9(5-11(14)17)6-15(19)18-12/h2-5,7H,6,17H2,1H3,(H,18,19). The highest BCUT2D eigenvalue weighted by molar-refractivity contribution is 6.00. The molecule has 0 fully saturated rings. The van der Waals surface area contributed by atoms with Gasteiger partial charge in [-0.15, -0.1) is 0 Å². The number of aryl methyl sites for hydroxylation is 1. The van der Waals surface area contributed by atoms with Gasteiger partial charge in [0, 0.05) is 11.8 Å². The molecule has 1 aliphatic heterocycles. The fourth-order valence-corrected chi connectivity index (χ4v) is 2.21. The molecule has 5 heteroatoms. The molecule has 102 valence electrons. The molecule has 0 saturated carbocycles. The molecule has 4 nitrogen and oxygen atoms in total. The Kier molecular flexibility index (Phi) is 2.82. The minimum absolute atomic E-state index is 0.0606. The number of carbonyl (C=O) groups is 1. The Morgan fingerprint density at radius 3 is 2.80 bits per heavy atom. The maximum absolute atomic E-state index is 13.1. The lowest BCUT2D eigenvalue weighted by Gasteiger charge is -2.12. The molecule has 0 radical (unpaired) electrons. The van der Waals surface area contributed by atoms with Crippen molar-refractivity contribution in [3.8, 4) is 11.5 Å². The molecule has 3 rings (SSSR count). The van der Waals surface area contributed by atoms with E-state index < -0.39 is 0 Å². The van der Waals surface area contributed by atoms with E-state index >= 15 is 0 Å². The van der Waals surface area contributed by atoms with Crippen molar-refractivity contribution in [3.05, 3.63) is 47.3 Å². The quantitative estimate of drug-likeness (QED) is 0.826. The van der Waals surface area contributed by atoms with Crippen LogP contribution in [0.5, 0.6) is 11.5 Å². The van der Waals surface area contributed by atoms with Crippen LogP contribution in [-0.4, -0.2) is 5.91 Å². The van der Waals surface area contributed by atoms with Crippen molar-refractivity contribution in [1.29, 1.82) is 0 Å². The Bertz CT molecular complexity index is 713. The van der Waals surface area contributed by atoms with E-state index in [0.29, 0.717) is 34.9 Å². The summed E-state index contributed by atoms with van der Waals surface area (Å²) in [6.45, 7) is 1.75. The first-order valence-electron chi connectivity index (χ1n) is 6.19. The highest BCUT2D eigenvalue weighted by Crippen LogP contribution is 2.36. The van der Waals surface area contributed by atoms with Crippen molar-refractivity contribution in [2.45, 2.75) is 13.3 Å². The summed E-state index contributed by atoms with van der Waals surface area (Å²) in [6, 6.07) is 7.68. The summed E-state index contributed by atoms with van der Waals surface area (Å²) in [5, 5.41) is 2.74. The monoisotopic (exact) mass is 272 g/mol. The first-order valence-corrected chi connectivity index (χ1v) is 6.19. The number of rotatable bonds is 2. The fraction of sp³-hybridized carbons (Fsp3) is 0.133. The van der Waals surface area contributed by atoms with Crippen molar-refractivity contribution in [2.24, 2.45) is 0 Å². The summed E-state index contributed by atoms with van der Waals surface area (Å²) < 4.78 is 18.8. The maximum Gasteiger partial charge on any atom is 0.228 e. The molecule has 20 heavy (non-hydrogen) atoms. The summed E-state index contributed by atoms with van der Waals surface area (Å²) in [7, 11) is 0. The average molecular weight is 272 g/mol. The van der Waals surface area contributed by atoms with E-state index in [1.54, 1.807) is 25.1 Å². The fourth-order valence-electron chi connectivity index (χ4n) is 2.21. The molecule has 0 saturated heterocycles. The van der Waals surface area contributed by atoms with Crippen LogP contribution in [0.25, 0.3) is 0 Å². The van der Waals surface area contributed by atoms with Gasteiger partial charge in [-0.05, 0) is 42.3 Å². The second-order valence-electron chi connectivity index (χ2n) is 4.78. The summed E-state index contributed by atoms with van der Waals surface area (Å²) in [5.74, 6) is 0.599. The zero-order chi connectivity index (χ0) is 14.3. The largest absolute Gasteiger partial charge is 0.455 e. The van der Waals surface area contributed by atoms with E-state index in [1.165, 1.54) is 12.1 Å². The minimum Gasteiger partial charge on any atom is -0.455 e. The normalized spacial score (nSPS) is 13.0. The number of halogens is 1. The molecule has 2 aromatic carbocycles. The third kappa shape index (κ3) is 2.18. The summed E-state index contributed by atoms with van der Waals surface area (Å²) >= 11 is 0. The van der Waals surface area contributed by atoms with E-state index in [9.17, 15) is 9.18 Å². The molecule has 0 atom stereocenters. The van der Waals surface area contributed by atoms with Gasteiger partial charge >= 0.3 is 0 Å². The van der Waals surface area contributed by atoms with E-state index in [4.69, 9.17) is 10.5 Å². The lowest BCUT2D eigenvalue weighted by molar-refractivity contribution is -0.115. The molecule has 0 aliphatic carbocycles. The van der Waals surface area contributed by atoms with Gasteiger partial charge in [-0.25, -0.2) is 4.39 Å². The predicted octanol–water partition coefficient (Wildman–Crippen LogP) is 3.00. The van der Waals surface area contributed by atoms with Crippen molar-refractivity contribution in [1.82, 2.24) is 0 Å². The Morgan fingerprint density at radius 2 is 2.05 bits per heavy atom. The van der Waals surface area contributed by atoms with Crippen LogP contribution in [0, 0.1) is 12.7 Å². The van der Waals surface area contributed by atoms with Crippen LogP contribution in [0.1, 0.15) is 11.1 Å². The number of ether oxygens (including phenoxy) is 1. The lowest BCUT2D eigenvalue weighted by atomic mass is 10.1. The molecule has 1 heterocycles. The van der Waals surface area contributed by atoms with Crippen molar-refractivity contribution in [2.75, 3.05) is 11.1 Å². The second kappa shape index (κ2) is 4.52. The number of carbonyl (C=O) groups excluding carboxylic acids is 1. The number of fused-ring (bicyclic) bond motifs is 1. The zero-order valence-corrected chi connectivity index (χ0v) is 10.9. The molecular weight excluding hydrogens is 259 g/mol. The van der Waals surface area contributed by atoms with Gasteiger partial charge in [-0.1, -0.05) is 0 Å². The number of hydrogen-bond donors (Lipinski definition) is 2. The second-order valence-corrected chi connectivity index (χ2v) is 4.78. The number of benzene rings is 2. The van der Waals surface area contributed by atoms with Gasteiger partial charge in [-0.2, -0.15) is 0 Å². The van der Waals surface area contributed by atoms with Gasteiger partial charge < -0.3 is 15.8 Å². The third-order valence-electron chi connectivity index (χ3n) is 3.22. The van der Waals surface area contributed by atoms with Crippen molar-refractivity contribution < 1.29 is 13.9 Å². The van der Waals surface area contributed by atoms with Crippen LogP contribution >= 0.6 is 0 Å². The van der Waals surface area contributed by atoms with Gasteiger partial charge in [0.25, 0.3) is 0 Å². The Labute approximate surface area is 115 Å². The number of hydrogen-bond acceptors (Lipinski definition) is 3. The SMILES string of the molecule is Cc1cc(F)ccc1Oc1cc2c(cc1N)CC(=O)N2. The zero-order valence-electron chi connectivity index (χ0n) is 10.9. The van der Waals surface area contributed by atoms with Crippen LogP contribution in [0.15, 0.2) is 30.3 Å². The summed E-state index contributed by atoms with van der Waals surface area (Å²) in [5.41, 5.74) is 8.62. The topological polar surface area (TPSA) is 64.3 Å². The van der Waals surface area contributed by atoms with Gasteiger partial charge in [0.15, 0.2) is 5.75 Å². The first kappa shape index (κ1) is 12.5. The molecule has 3 N–H and O–H groups in total. The first-order chi connectivity index (χ1) is 9.52. The van der Waals surface area contributed by atoms with Crippen LogP contribution < -0.4 is 15.8 Å². The molecule has 1 amide bonds. The highest BCUT2D eigenvalue weighted by atomic mass is 19.1. The van der Waals surface area contributed by atoms with Crippen LogP contribution in [0.4, 0.5) is 15.8 Å². The number of amides is 1. The van der Waals surface area contributed by atoms with E-state index in [1.807, 2.05) is 0 Å². The highest BCUT2D eigenvalue weighted by Gasteiger charge is 2.20. The molecule has 0 unspecified atom stereocenters. The number of nitrogens with two attached hydrogens (primary N) is 1. The number of anilines is 2. The summed E-state index contributed by atoms with van der Waals surface area (Å²) in [4.78, 5) is 11.3. The maximum atomic E-state index is 13.1. The Balaban J connectivity index is 1.95. The van der Waals surface area contributed by atoms with Crippen LogP contribution in [0.3, 0.4) is 0 Å². The number of nitrogens with one attached hydrogen (secondary N) is 1. The Morgan fingerprint density at radius 1 is 1.25 bits per heavy atom. The van der Waals surface area contributed by atoms with Gasteiger partial charge in [0.1, 0.15) is 11.6 Å².